The highest BCUT2D eigenvalue weighted by Crippen LogP contribution is 2.30. The van der Waals surface area contributed by atoms with Crippen LogP contribution in [0.15, 0.2) is 24.5 Å². The fraction of sp³-hybridized carbons (Fsp3) is 0.312. The van der Waals surface area contributed by atoms with Crippen LogP contribution in [-0.4, -0.2) is 25.7 Å². The third-order valence-electron chi connectivity index (χ3n) is 4.29. The van der Waals surface area contributed by atoms with Gasteiger partial charge in [-0.25, -0.2) is 4.98 Å². The maximum Gasteiger partial charge on any atom is 0.275 e. The van der Waals surface area contributed by atoms with Crippen molar-refractivity contribution in [1.82, 2.24) is 19.7 Å². The van der Waals surface area contributed by atoms with Crippen LogP contribution in [0.5, 0.6) is 0 Å². The van der Waals surface area contributed by atoms with Gasteiger partial charge in [0.2, 0.25) is 0 Å². The predicted octanol–water partition coefficient (Wildman–Crippen LogP) is 3.25. The molecule has 2 N–H and O–H groups in total. The van der Waals surface area contributed by atoms with Gasteiger partial charge in [-0.3, -0.25) is 9.89 Å². The minimum Gasteiger partial charge on any atom is -0.334 e. The average molecular weight is 330 g/mol. The molecular formula is C16H16ClN5O. The maximum atomic E-state index is 12.5. The van der Waals surface area contributed by atoms with Crippen molar-refractivity contribution in [1.29, 1.82) is 0 Å². The second kappa shape index (κ2) is 5.38. The van der Waals surface area contributed by atoms with E-state index in [1.54, 1.807) is 12.3 Å². The number of anilines is 1. The van der Waals surface area contributed by atoms with E-state index < -0.39 is 0 Å². The molecule has 1 atom stereocenters. The number of rotatable bonds is 2. The van der Waals surface area contributed by atoms with E-state index in [4.69, 9.17) is 11.6 Å². The first kappa shape index (κ1) is 14.3. The molecule has 0 saturated heterocycles. The van der Waals surface area contributed by atoms with Crippen LogP contribution in [0.25, 0.3) is 10.9 Å². The summed E-state index contributed by atoms with van der Waals surface area (Å²) in [5, 5.41) is 10.9. The molecule has 1 unspecified atom stereocenters. The van der Waals surface area contributed by atoms with E-state index in [9.17, 15) is 4.79 Å². The van der Waals surface area contributed by atoms with Crippen LogP contribution >= 0.6 is 11.6 Å². The molecular weight excluding hydrogens is 314 g/mol. The van der Waals surface area contributed by atoms with Gasteiger partial charge >= 0.3 is 0 Å². The Morgan fingerprint density at radius 2 is 2.35 bits per heavy atom. The number of carbonyl (C=O) groups is 1. The highest BCUT2D eigenvalue weighted by atomic mass is 35.5. The quantitative estimate of drug-likeness (QED) is 0.757. The Hall–Kier alpha value is -2.34. The van der Waals surface area contributed by atoms with Crippen LogP contribution in [0.2, 0.25) is 5.02 Å². The summed E-state index contributed by atoms with van der Waals surface area (Å²) in [4.78, 5) is 16.9. The maximum absolute atomic E-state index is 12.5. The second-order valence-corrected chi connectivity index (χ2v) is 6.42. The number of H-pyrrole nitrogens is 1. The molecule has 0 radical (unpaired) electrons. The summed E-state index contributed by atoms with van der Waals surface area (Å²) in [7, 11) is 0. The normalized spacial score (nSPS) is 17.2. The largest absolute Gasteiger partial charge is 0.334 e. The highest BCUT2D eigenvalue weighted by Gasteiger charge is 2.21. The number of nitrogens with one attached hydrogen (secondary N) is 2. The van der Waals surface area contributed by atoms with Crippen molar-refractivity contribution >= 4 is 34.1 Å². The summed E-state index contributed by atoms with van der Waals surface area (Å²) in [5.74, 6) is 1.34. The van der Waals surface area contributed by atoms with Gasteiger partial charge in [0, 0.05) is 24.5 Å². The van der Waals surface area contributed by atoms with Gasteiger partial charge in [-0.2, -0.15) is 5.10 Å². The van der Waals surface area contributed by atoms with Crippen molar-refractivity contribution < 1.29 is 4.79 Å². The van der Waals surface area contributed by atoms with Crippen LogP contribution < -0.4 is 5.32 Å². The Morgan fingerprint density at radius 1 is 1.48 bits per heavy atom. The van der Waals surface area contributed by atoms with Crippen molar-refractivity contribution in [2.45, 2.75) is 26.3 Å². The molecule has 0 bridgehead atoms. The van der Waals surface area contributed by atoms with E-state index in [-0.39, 0.29) is 5.91 Å². The van der Waals surface area contributed by atoms with Gasteiger partial charge in [0.05, 0.1) is 22.4 Å². The number of carbonyl (C=O) groups excluding carboxylic acids is 1. The van der Waals surface area contributed by atoms with E-state index in [1.165, 1.54) is 0 Å². The zero-order valence-electron chi connectivity index (χ0n) is 12.6. The van der Waals surface area contributed by atoms with Gasteiger partial charge in [-0.1, -0.05) is 18.5 Å². The van der Waals surface area contributed by atoms with Crippen LogP contribution in [0, 0.1) is 5.92 Å². The van der Waals surface area contributed by atoms with E-state index in [0.29, 0.717) is 22.3 Å². The first-order valence-corrected chi connectivity index (χ1v) is 7.98. The van der Waals surface area contributed by atoms with Crippen LogP contribution in [0.4, 0.5) is 5.69 Å². The summed E-state index contributed by atoms with van der Waals surface area (Å²) in [6.07, 6.45) is 5.49. The molecule has 7 heteroatoms. The molecule has 1 aliphatic rings. The first-order chi connectivity index (χ1) is 11.1. The SMILES string of the molecule is CC1CCn2cc(C(=O)Nc3ccc4[nH]ncc4c3Cl)nc2C1. The van der Waals surface area contributed by atoms with Gasteiger partial charge in [0.15, 0.2) is 0 Å². The van der Waals surface area contributed by atoms with E-state index in [1.807, 2.05) is 12.3 Å². The summed E-state index contributed by atoms with van der Waals surface area (Å²) in [5.41, 5.74) is 1.82. The lowest BCUT2D eigenvalue weighted by molar-refractivity contribution is 0.102. The summed E-state index contributed by atoms with van der Waals surface area (Å²) >= 11 is 6.33. The highest BCUT2D eigenvalue weighted by molar-refractivity contribution is 6.38. The minimum atomic E-state index is -0.246. The zero-order chi connectivity index (χ0) is 16.0. The van der Waals surface area contributed by atoms with E-state index >= 15 is 0 Å². The number of hydrogen-bond donors (Lipinski definition) is 2. The number of nitrogens with zero attached hydrogens (tertiary/aromatic N) is 3. The molecule has 1 aromatic carbocycles. The lowest BCUT2D eigenvalue weighted by Crippen LogP contribution is -2.16. The van der Waals surface area contributed by atoms with Crippen molar-refractivity contribution in [2.24, 2.45) is 5.92 Å². The molecule has 1 aliphatic heterocycles. The number of aryl methyl sites for hydroxylation is 1. The van der Waals surface area contributed by atoms with Crippen molar-refractivity contribution in [3.63, 3.8) is 0 Å². The number of hydrogen-bond acceptors (Lipinski definition) is 3. The van der Waals surface area contributed by atoms with Crippen molar-refractivity contribution in [3.05, 3.63) is 41.1 Å². The van der Waals surface area contributed by atoms with Crippen LogP contribution in [0.3, 0.4) is 0 Å². The predicted molar refractivity (Wildman–Crippen MR) is 88.8 cm³/mol. The zero-order valence-corrected chi connectivity index (χ0v) is 13.4. The molecule has 0 spiro atoms. The van der Waals surface area contributed by atoms with Gasteiger partial charge in [0.25, 0.3) is 5.91 Å². The standard InChI is InChI=1S/C16H16ClN5O/c1-9-4-5-22-8-13(19-14(22)6-9)16(23)20-12-3-2-11-10(15(12)17)7-18-21-11/h2-3,7-9H,4-6H2,1H3,(H,18,21)(H,20,23). The topological polar surface area (TPSA) is 75.6 Å². The molecule has 118 valence electrons. The Morgan fingerprint density at radius 3 is 3.22 bits per heavy atom. The third kappa shape index (κ3) is 2.49. The number of aromatic amines is 1. The fourth-order valence-corrected chi connectivity index (χ4v) is 3.22. The first-order valence-electron chi connectivity index (χ1n) is 7.61. The number of aromatic nitrogens is 4. The second-order valence-electron chi connectivity index (χ2n) is 6.05. The lowest BCUT2D eigenvalue weighted by atomic mass is 10.0. The Bertz CT molecular complexity index is 897. The smallest absolute Gasteiger partial charge is 0.275 e. The van der Waals surface area contributed by atoms with E-state index in [0.717, 1.165) is 36.1 Å². The number of benzene rings is 1. The van der Waals surface area contributed by atoms with Gasteiger partial charge in [-0.05, 0) is 24.5 Å². The van der Waals surface area contributed by atoms with Crippen molar-refractivity contribution in [2.75, 3.05) is 5.32 Å². The summed E-state index contributed by atoms with van der Waals surface area (Å²) in [6.45, 7) is 3.12. The fourth-order valence-electron chi connectivity index (χ4n) is 2.96. The summed E-state index contributed by atoms with van der Waals surface area (Å²) in [6, 6.07) is 3.60. The Balaban J connectivity index is 1.61. The van der Waals surface area contributed by atoms with Gasteiger partial charge in [0.1, 0.15) is 11.5 Å². The molecule has 4 rings (SSSR count). The molecule has 6 nitrogen and oxygen atoms in total. The lowest BCUT2D eigenvalue weighted by Gasteiger charge is -2.18. The molecule has 3 aromatic rings. The minimum absolute atomic E-state index is 0.246. The average Bonchev–Trinajstić information content (AvgIpc) is 3.16. The molecule has 2 aromatic heterocycles. The molecule has 23 heavy (non-hydrogen) atoms. The van der Waals surface area contributed by atoms with E-state index in [2.05, 4.69) is 32.0 Å². The van der Waals surface area contributed by atoms with Crippen LogP contribution in [-0.2, 0) is 13.0 Å². The Labute approximate surface area is 137 Å². The Kier molecular flexibility index (Phi) is 3.34. The molecule has 0 fully saturated rings. The number of halogens is 1. The number of amides is 1. The molecule has 1 amide bonds. The monoisotopic (exact) mass is 329 g/mol. The molecule has 0 saturated carbocycles. The van der Waals surface area contributed by atoms with Gasteiger partial charge < -0.3 is 9.88 Å². The van der Waals surface area contributed by atoms with Gasteiger partial charge in [-0.15, -0.1) is 0 Å². The third-order valence-corrected chi connectivity index (χ3v) is 4.70. The number of imidazole rings is 1. The van der Waals surface area contributed by atoms with Crippen LogP contribution in [0.1, 0.15) is 29.7 Å². The number of fused-ring (bicyclic) bond motifs is 2. The van der Waals surface area contributed by atoms with Crippen molar-refractivity contribution in [3.8, 4) is 0 Å². The molecule has 3 heterocycles. The molecule has 0 aliphatic carbocycles. The summed E-state index contributed by atoms with van der Waals surface area (Å²) < 4.78 is 2.07.